The molecule has 0 saturated carbocycles. The Morgan fingerprint density at radius 3 is 2.82 bits per heavy atom. The van der Waals surface area contributed by atoms with Gasteiger partial charge >= 0.3 is 0 Å². The van der Waals surface area contributed by atoms with Gasteiger partial charge in [0, 0.05) is 18.0 Å². The van der Waals surface area contributed by atoms with Crippen molar-refractivity contribution >= 4 is 22.5 Å². The molecule has 4 nitrogen and oxygen atoms in total. The predicted molar refractivity (Wildman–Crippen MR) is 111 cm³/mol. The molecule has 144 valence electrons. The second kappa shape index (κ2) is 7.26. The maximum atomic E-state index is 6.71. The quantitative estimate of drug-likeness (QED) is 0.603. The van der Waals surface area contributed by atoms with E-state index in [9.17, 15) is 0 Å². The number of aryl methyl sites for hydroxylation is 1. The number of benzene rings is 2. The van der Waals surface area contributed by atoms with Crippen LogP contribution in [0, 0.1) is 6.92 Å². The topological polar surface area (TPSA) is 34.6 Å². The number of pyridine rings is 1. The van der Waals surface area contributed by atoms with Gasteiger partial charge in [0.05, 0.1) is 16.2 Å². The highest BCUT2D eigenvalue weighted by Crippen LogP contribution is 2.39. The molecule has 1 saturated heterocycles. The van der Waals surface area contributed by atoms with Crippen LogP contribution in [-0.2, 0) is 6.54 Å². The van der Waals surface area contributed by atoms with Crippen LogP contribution in [0.1, 0.15) is 35.7 Å². The predicted octanol–water partition coefficient (Wildman–Crippen LogP) is 5.30. The van der Waals surface area contributed by atoms with Crippen molar-refractivity contribution in [1.29, 1.82) is 0 Å². The van der Waals surface area contributed by atoms with Crippen LogP contribution in [0.4, 0.5) is 0 Å². The SMILES string of the molecule is Cc1c(Cl)c(CN2CCC[C@H]2c2ccc3c(c2)OCCO3)nc2ccccc12. The Morgan fingerprint density at radius 1 is 1.11 bits per heavy atom. The molecular weight excluding hydrogens is 372 g/mol. The van der Waals surface area contributed by atoms with Gasteiger partial charge in [-0.25, -0.2) is 4.98 Å². The monoisotopic (exact) mass is 394 g/mol. The zero-order chi connectivity index (χ0) is 19.1. The van der Waals surface area contributed by atoms with Gasteiger partial charge in [-0.15, -0.1) is 0 Å². The summed E-state index contributed by atoms with van der Waals surface area (Å²) in [5, 5.41) is 1.91. The molecule has 1 atom stereocenters. The minimum atomic E-state index is 0.348. The molecule has 3 heterocycles. The highest BCUT2D eigenvalue weighted by molar-refractivity contribution is 6.32. The minimum absolute atomic E-state index is 0.348. The van der Waals surface area contributed by atoms with Crippen molar-refractivity contribution in [3.8, 4) is 11.5 Å². The summed E-state index contributed by atoms with van der Waals surface area (Å²) in [6, 6.07) is 14.9. The average Bonchev–Trinajstić information content (AvgIpc) is 3.19. The van der Waals surface area contributed by atoms with Gasteiger partial charge in [0.15, 0.2) is 11.5 Å². The summed E-state index contributed by atoms with van der Waals surface area (Å²) in [5.74, 6) is 1.70. The van der Waals surface area contributed by atoms with E-state index in [1.807, 2.05) is 18.2 Å². The lowest BCUT2D eigenvalue weighted by atomic mass is 10.0. The lowest BCUT2D eigenvalue weighted by molar-refractivity contribution is 0.170. The third-order valence-corrected chi connectivity index (χ3v) is 6.32. The van der Waals surface area contributed by atoms with Crippen molar-refractivity contribution in [2.24, 2.45) is 0 Å². The van der Waals surface area contributed by atoms with Gasteiger partial charge in [0.25, 0.3) is 0 Å². The van der Waals surface area contributed by atoms with Crippen molar-refractivity contribution in [2.45, 2.75) is 32.4 Å². The number of ether oxygens (including phenoxy) is 2. The zero-order valence-electron chi connectivity index (χ0n) is 16.0. The van der Waals surface area contributed by atoms with Crippen LogP contribution in [-0.4, -0.2) is 29.6 Å². The maximum absolute atomic E-state index is 6.71. The number of hydrogen-bond donors (Lipinski definition) is 0. The van der Waals surface area contributed by atoms with Crippen LogP contribution in [0.3, 0.4) is 0 Å². The number of halogens is 1. The van der Waals surface area contributed by atoms with Gasteiger partial charge in [-0.3, -0.25) is 4.90 Å². The fourth-order valence-corrected chi connectivity index (χ4v) is 4.58. The van der Waals surface area contributed by atoms with E-state index in [4.69, 9.17) is 26.1 Å². The molecule has 0 radical (unpaired) electrons. The molecule has 5 rings (SSSR count). The van der Waals surface area contributed by atoms with Gasteiger partial charge < -0.3 is 9.47 Å². The van der Waals surface area contributed by atoms with Crippen LogP contribution >= 0.6 is 11.6 Å². The first-order valence-electron chi connectivity index (χ1n) is 9.88. The Kier molecular flexibility index (Phi) is 4.61. The van der Waals surface area contributed by atoms with Crippen molar-refractivity contribution in [3.05, 3.63) is 64.3 Å². The summed E-state index contributed by atoms with van der Waals surface area (Å²) < 4.78 is 11.5. The molecule has 2 aliphatic rings. The summed E-state index contributed by atoms with van der Waals surface area (Å²) in [7, 11) is 0. The Morgan fingerprint density at radius 2 is 1.93 bits per heavy atom. The molecule has 2 aromatic carbocycles. The molecule has 0 aliphatic carbocycles. The molecule has 0 amide bonds. The molecule has 0 N–H and O–H groups in total. The van der Waals surface area contributed by atoms with E-state index in [1.165, 1.54) is 12.0 Å². The van der Waals surface area contributed by atoms with Crippen molar-refractivity contribution in [1.82, 2.24) is 9.88 Å². The first kappa shape index (κ1) is 17.8. The number of likely N-dealkylation sites (tertiary alicyclic amines) is 1. The second-order valence-electron chi connectivity index (χ2n) is 7.55. The van der Waals surface area contributed by atoms with E-state index in [2.05, 4.69) is 36.1 Å². The smallest absolute Gasteiger partial charge is 0.161 e. The van der Waals surface area contributed by atoms with E-state index in [-0.39, 0.29) is 0 Å². The lowest BCUT2D eigenvalue weighted by Crippen LogP contribution is -2.24. The number of hydrogen-bond acceptors (Lipinski definition) is 4. The first-order chi connectivity index (χ1) is 13.7. The molecule has 0 bridgehead atoms. The van der Waals surface area contributed by atoms with E-state index >= 15 is 0 Å². The minimum Gasteiger partial charge on any atom is -0.486 e. The Bertz CT molecular complexity index is 1040. The van der Waals surface area contributed by atoms with Crippen LogP contribution < -0.4 is 9.47 Å². The largest absolute Gasteiger partial charge is 0.486 e. The van der Waals surface area contributed by atoms with E-state index < -0.39 is 0 Å². The first-order valence-corrected chi connectivity index (χ1v) is 10.3. The number of rotatable bonds is 3. The summed E-state index contributed by atoms with van der Waals surface area (Å²) in [5.41, 5.74) is 4.35. The highest BCUT2D eigenvalue weighted by Gasteiger charge is 2.28. The second-order valence-corrected chi connectivity index (χ2v) is 7.92. The summed E-state index contributed by atoms with van der Waals surface area (Å²) in [6.07, 6.45) is 2.30. The van der Waals surface area contributed by atoms with Gasteiger partial charge in [0.1, 0.15) is 13.2 Å². The third-order valence-electron chi connectivity index (χ3n) is 5.81. The lowest BCUT2D eigenvalue weighted by Gasteiger charge is -2.27. The molecule has 0 spiro atoms. The van der Waals surface area contributed by atoms with Gasteiger partial charge in [-0.1, -0.05) is 35.9 Å². The molecule has 3 aromatic rings. The van der Waals surface area contributed by atoms with E-state index in [0.29, 0.717) is 19.3 Å². The van der Waals surface area contributed by atoms with Crippen LogP contribution in [0.5, 0.6) is 11.5 Å². The molecule has 5 heteroatoms. The van der Waals surface area contributed by atoms with Crippen LogP contribution in [0.25, 0.3) is 10.9 Å². The number of aromatic nitrogens is 1. The summed E-state index contributed by atoms with van der Waals surface area (Å²) in [4.78, 5) is 7.36. The van der Waals surface area contributed by atoms with Gasteiger partial charge in [-0.05, 0) is 55.6 Å². The number of para-hydroxylation sites is 1. The Balaban J connectivity index is 1.45. The fraction of sp³-hybridized carbons (Fsp3) is 0.348. The average molecular weight is 395 g/mol. The molecule has 28 heavy (non-hydrogen) atoms. The number of fused-ring (bicyclic) bond motifs is 2. The normalized spacial score (nSPS) is 19.3. The molecular formula is C23H23ClN2O2. The van der Waals surface area contributed by atoms with Crippen molar-refractivity contribution < 1.29 is 9.47 Å². The molecule has 2 aliphatic heterocycles. The third kappa shape index (κ3) is 3.11. The van der Waals surface area contributed by atoms with Crippen LogP contribution in [0.15, 0.2) is 42.5 Å². The van der Waals surface area contributed by atoms with E-state index in [1.54, 1.807) is 0 Å². The number of nitrogens with zero attached hydrogens (tertiary/aromatic N) is 2. The maximum Gasteiger partial charge on any atom is 0.161 e. The summed E-state index contributed by atoms with van der Waals surface area (Å²) >= 11 is 6.71. The summed E-state index contributed by atoms with van der Waals surface area (Å²) in [6.45, 7) is 5.11. The Hall–Kier alpha value is -2.30. The molecule has 0 unspecified atom stereocenters. The fourth-order valence-electron chi connectivity index (χ4n) is 4.37. The zero-order valence-corrected chi connectivity index (χ0v) is 16.7. The Labute approximate surface area is 170 Å². The van der Waals surface area contributed by atoms with Crippen LogP contribution in [0.2, 0.25) is 5.02 Å². The van der Waals surface area contributed by atoms with Crippen molar-refractivity contribution in [3.63, 3.8) is 0 Å². The van der Waals surface area contributed by atoms with Crippen molar-refractivity contribution in [2.75, 3.05) is 19.8 Å². The van der Waals surface area contributed by atoms with Gasteiger partial charge in [0.2, 0.25) is 0 Å². The highest BCUT2D eigenvalue weighted by atomic mass is 35.5. The molecule has 1 fully saturated rings. The molecule has 1 aromatic heterocycles. The van der Waals surface area contributed by atoms with E-state index in [0.717, 1.165) is 58.2 Å². The van der Waals surface area contributed by atoms with Gasteiger partial charge in [-0.2, -0.15) is 0 Å². The standard InChI is InChI=1S/C23H23ClN2O2/c1-15-17-5-2-3-6-18(17)25-19(23(15)24)14-26-10-4-7-20(26)16-8-9-21-22(13-16)28-12-11-27-21/h2-3,5-6,8-9,13,20H,4,7,10-12,14H2,1H3/t20-/m0/s1.